The van der Waals surface area contributed by atoms with Gasteiger partial charge in [0.25, 0.3) is 0 Å². The van der Waals surface area contributed by atoms with Crippen molar-refractivity contribution < 1.29 is 0 Å². The van der Waals surface area contributed by atoms with Gasteiger partial charge in [-0.15, -0.1) is 0 Å². The molecule has 0 aliphatic heterocycles. The normalized spacial score (nSPS) is 13.1. The minimum atomic E-state index is 0.146. The number of anilines is 2. The average Bonchev–Trinajstić information content (AvgIpc) is 3.44. The van der Waals surface area contributed by atoms with Gasteiger partial charge in [0.15, 0.2) is 5.13 Å². The molecule has 4 heterocycles. The van der Waals surface area contributed by atoms with Gasteiger partial charge in [-0.1, -0.05) is 39.0 Å². The lowest BCUT2D eigenvalue weighted by atomic mass is 9.97. The van der Waals surface area contributed by atoms with E-state index in [4.69, 9.17) is 16.5 Å². The van der Waals surface area contributed by atoms with Gasteiger partial charge in [0.05, 0.1) is 11.9 Å². The van der Waals surface area contributed by atoms with Gasteiger partial charge in [-0.3, -0.25) is 4.68 Å². The molecule has 0 aliphatic rings. The lowest BCUT2D eigenvalue weighted by Crippen LogP contribution is -2.24. The molecule has 4 aromatic rings. The first-order valence-electron chi connectivity index (χ1n) is 12.7. The molecule has 0 aliphatic carbocycles. The predicted octanol–water partition coefficient (Wildman–Crippen LogP) is 5.41. The van der Waals surface area contributed by atoms with Crippen molar-refractivity contribution in [1.82, 2.24) is 24.7 Å². The third kappa shape index (κ3) is 5.96. The van der Waals surface area contributed by atoms with Gasteiger partial charge in [0.1, 0.15) is 27.8 Å². The van der Waals surface area contributed by atoms with E-state index < -0.39 is 0 Å². The van der Waals surface area contributed by atoms with E-state index in [1.165, 1.54) is 11.3 Å². The molecule has 5 N–H and O–H groups in total. The molecule has 0 spiro atoms. The summed E-state index contributed by atoms with van der Waals surface area (Å²) in [5.41, 5.74) is 18.9. The van der Waals surface area contributed by atoms with Crippen LogP contribution in [-0.4, -0.2) is 31.8 Å². The zero-order valence-electron chi connectivity index (χ0n) is 23.2. The highest BCUT2D eigenvalue weighted by molar-refractivity contribution is 7.21. The maximum atomic E-state index is 6.46. The van der Waals surface area contributed by atoms with E-state index >= 15 is 0 Å². The zero-order chi connectivity index (χ0) is 27.6. The van der Waals surface area contributed by atoms with E-state index in [2.05, 4.69) is 65.8 Å². The number of hydrogen-bond donors (Lipinski definition) is 3. The molecule has 38 heavy (non-hydrogen) atoms. The van der Waals surface area contributed by atoms with Gasteiger partial charge in [-0.25, -0.2) is 15.0 Å². The van der Waals surface area contributed by atoms with Crippen molar-refractivity contribution in [2.75, 3.05) is 17.3 Å². The maximum Gasteiger partial charge on any atom is 0.190 e. The number of allylic oxidation sites excluding steroid dienone is 2. The molecule has 0 saturated heterocycles. The average molecular weight is 532 g/mol. The van der Waals surface area contributed by atoms with Crippen LogP contribution in [0.2, 0.25) is 0 Å². The van der Waals surface area contributed by atoms with E-state index in [-0.39, 0.29) is 5.41 Å². The third-order valence-corrected chi connectivity index (χ3v) is 7.13. The predicted molar refractivity (Wildman–Crippen MR) is 158 cm³/mol. The second-order valence-electron chi connectivity index (χ2n) is 10.6. The number of hydrogen-bond acceptors (Lipinski definition) is 9. The van der Waals surface area contributed by atoms with E-state index in [9.17, 15) is 0 Å². The standard InChI is InChI=1S/C28H37N9S/c1-8-21-19(20-15-32-37(18(20)3)16-28(4,5)6)11-12-24(33-21)36(7)23(29)14-17(2)25(30)35-27-34-22-10-9-13-31-26(22)38-27/h9-15H,8,16,29-30H2,1-7H3,(H,34,35)/b23-14+,25-17+. The second-order valence-corrected chi connectivity index (χ2v) is 11.6. The van der Waals surface area contributed by atoms with Crippen LogP contribution in [0.15, 0.2) is 60.0 Å². The molecular weight excluding hydrogens is 494 g/mol. The molecule has 0 saturated carbocycles. The first kappa shape index (κ1) is 27.1. The number of nitrogens with two attached hydrogens (primary N) is 2. The van der Waals surface area contributed by atoms with Gasteiger partial charge in [-0.05, 0) is 61.6 Å². The van der Waals surface area contributed by atoms with Crippen LogP contribution in [0.25, 0.3) is 21.5 Å². The lowest BCUT2D eigenvalue weighted by Gasteiger charge is -2.21. The Hall–Kier alpha value is -3.92. The van der Waals surface area contributed by atoms with E-state index in [0.717, 1.165) is 57.2 Å². The van der Waals surface area contributed by atoms with Crippen molar-refractivity contribution in [2.45, 2.75) is 54.5 Å². The molecule has 4 aromatic heterocycles. The van der Waals surface area contributed by atoms with Crippen LogP contribution < -0.4 is 21.7 Å². The first-order chi connectivity index (χ1) is 18.0. The smallest absolute Gasteiger partial charge is 0.190 e. The molecule has 0 radical (unpaired) electrons. The van der Waals surface area contributed by atoms with Crippen LogP contribution in [0.5, 0.6) is 0 Å². The summed E-state index contributed by atoms with van der Waals surface area (Å²) in [6.45, 7) is 13.6. The summed E-state index contributed by atoms with van der Waals surface area (Å²) in [7, 11) is 1.90. The summed E-state index contributed by atoms with van der Waals surface area (Å²) in [6.07, 6.45) is 6.31. The Balaban J connectivity index is 1.55. The molecular formula is C28H37N9S. The Bertz CT molecular complexity index is 1470. The zero-order valence-corrected chi connectivity index (χ0v) is 24.0. The molecule has 0 atom stereocenters. The fourth-order valence-corrected chi connectivity index (χ4v) is 4.90. The topological polar surface area (TPSA) is 124 Å². The monoisotopic (exact) mass is 531 g/mol. The Morgan fingerprint density at radius 3 is 2.61 bits per heavy atom. The summed E-state index contributed by atoms with van der Waals surface area (Å²) in [4.78, 5) is 16.5. The summed E-state index contributed by atoms with van der Waals surface area (Å²) in [5, 5.41) is 8.49. The minimum absolute atomic E-state index is 0.146. The number of nitrogens with zero attached hydrogens (tertiary/aromatic N) is 6. The van der Waals surface area contributed by atoms with Gasteiger partial charge in [-0.2, -0.15) is 5.10 Å². The van der Waals surface area contributed by atoms with Crippen LogP contribution in [0.3, 0.4) is 0 Å². The quantitative estimate of drug-likeness (QED) is 0.258. The lowest BCUT2D eigenvalue weighted by molar-refractivity contribution is 0.322. The Labute approximate surface area is 228 Å². The van der Waals surface area contributed by atoms with Crippen LogP contribution in [0.1, 0.15) is 46.0 Å². The fourth-order valence-electron chi connectivity index (χ4n) is 4.08. The third-order valence-electron chi connectivity index (χ3n) is 6.24. The van der Waals surface area contributed by atoms with E-state index in [1.54, 1.807) is 6.20 Å². The van der Waals surface area contributed by atoms with Crippen LogP contribution in [0.4, 0.5) is 10.9 Å². The van der Waals surface area contributed by atoms with Crippen LogP contribution in [0, 0.1) is 12.3 Å². The maximum absolute atomic E-state index is 6.46. The van der Waals surface area contributed by atoms with Crippen molar-refractivity contribution in [3.63, 3.8) is 0 Å². The molecule has 0 aromatic carbocycles. The van der Waals surface area contributed by atoms with Crippen molar-refractivity contribution in [3.8, 4) is 11.1 Å². The highest BCUT2D eigenvalue weighted by Gasteiger charge is 2.18. The number of pyridine rings is 2. The molecule has 10 heteroatoms. The number of nitrogens with one attached hydrogen (secondary N) is 1. The molecule has 0 amide bonds. The largest absolute Gasteiger partial charge is 0.385 e. The molecule has 9 nitrogen and oxygen atoms in total. The summed E-state index contributed by atoms with van der Waals surface area (Å²) in [5.74, 6) is 1.76. The van der Waals surface area contributed by atoms with Gasteiger partial charge in [0, 0.05) is 36.6 Å². The SMILES string of the molecule is CCc1nc(N(C)/C(N)=C/C(C)=C(\N)Nc2nc3cccnc3s2)ccc1-c1cnn(CC(C)(C)C)c1C. The van der Waals surface area contributed by atoms with Crippen molar-refractivity contribution in [3.05, 3.63) is 71.3 Å². The molecule has 200 valence electrons. The summed E-state index contributed by atoms with van der Waals surface area (Å²) in [6, 6.07) is 7.88. The highest BCUT2D eigenvalue weighted by atomic mass is 32.1. The van der Waals surface area contributed by atoms with Crippen molar-refractivity contribution in [1.29, 1.82) is 0 Å². The molecule has 4 rings (SSSR count). The summed E-state index contributed by atoms with van der Waals surface area (Å²) < 4.78 is 2.08. The molecule has 0 unspecified atom stereocenters. The van der Waals surface area contributed by atoms with Crippen molar-refractivity contribution >= 4 is 32.6 Å². The minimum Gasteiger partial charge on any atom is -0.385 e. The first-order valence-corrected chi connectivity index (χ1v) is 13.5. The Morgan fingerprint density at radius 1 is 1.16 bits per heavy atom. The number of aromatic nitrogens is 5. The highest BCUT2D eigenvalue weighted by Crippen LogP contribution is 2.30. The summed E-state index contributed by atoms with van der Waals surface area (Å²) >= 11 is 1.45. The number of fused-ring (bicyclic) bond motifs is 1. The van der Waals surface area contributed by atoms with Gasteiger partial charge < -0.3 is 21.7 Å². The fraction of sp³-hybridized carbons (Fsp3) is 0.357. The number of thiazole rings is 1. The number of aryl methyl sites for hydroxylation is 1. The van der Waals surface area contributed by atoms with Gasteiger partial charge in [0.2, 0.25) is 0 Å². The Morgan fingerprint density at radius 2 is 1.92 bits per heavy atom. The number of rotatable bonds is 8. The second kappa shape index (κ2) is 10.8. The molecule has 0 bridgehead atoms. The van der Waals surface area contributed by atoms with Crippen molar-refractivity contribution in [2.24, 2.45) is 16.9 Å². The Kier molecular flexibility index (Phi) is 7.73. The van der Waals surface area contributed by atoms with Crippen LogP contribution in [-0.2, 0) is 13.0 Å². The van der Waals surface area contributed by atoms with Gasteiger partial charge >= 0.3 is 0 Å². The van der Waals surface area contributed by atoms with E-state index in [0.29, 0.717) is 16.8 Å². The van der Waals surface area contributed by atoms with Crippen LogP contribution >= 0.6 is 11.3 Å². The van der Waals surface area contributed by atoms with E-state index in [1.807, 2.05) is 49.3 Å². The molecule has 0 fully saturated rings.